The Hall–Kier alpha value is -1.59. The number of halogens is 4. The average Bonchev–Trinajstić information content (AvgIpc) is 2.35. The Morgan fingerprint density at radius 1 is 1.28 bits per heavy atom. The van der Waals surface area contributed by atoms with Crippen molar-refractivity contribution in [2.75, 3.05) is 6.61 Å². The number of alkyl halides is 4. The minimum absolute atomic E-state index is 0.397. The maximum atomic E-state index is 12.8. The molecular weight excluding hydrogens is 252 g/mol. The van der Waals surface area contributed by atoms with Gasteiger partial charge in [0.05, 0.1) is 6.61 Å². The van der Waals surface area contributed by atoms with E-state index in [0.717, 1.165) is 18.6 Å². The Balaban J connectivity index is 2.82. The molecule has 0 unspecified atom stereocenters. The molecule has 0 saturated heterocycles. The topological polar surface area (TPSA) is 26.3 Å². The lowest BCUT2D eigenvalue weighted by Gasteiger charge is -2.13. The number of carbonyl (C=O) groups excluding carboxylic acids is 1. The first-order valence-electron chi connectivity index (χ1n) is 5.33. The first-order valence-corrected chi connectivity index (χ1v) is 5.33. The van der Waals surface area contributed by atoms with Gasteiger partial charge in [-0.2, -0.15) is 8.78 Å². The molecular formula is C12H12F4O2. The standard InChI is InChI=1S/C12H12F4O2/c1-2-7-18-9-5-3-8(4-6-9)10(17)12(15,16)11(13)14/h3-6,11H,2,7H2,1H3. The van der Waals surface area contributed by atoms with Gasteiger partial charge in [0.15, 0.2) is 0 Å². The average molecular weight is 264 g/mol. The number of rotatable bonds is 6. The molecule has 0 amide bonds. The molecule has 0 bridgehead atoms. The van der Waals surface area contributed by atoms with Gasteiger partial charge in [0, 0.05) is 5.56 Å². The third kappa shape index (κ3) is 3.21. The molecule has 0 aliphatic carbocycles. The molecule has 18 heavy (non-hydrogen) atoms. The molecule has 0 aliphatic heterocycles. The normalized spacial score (nSPS) is 11.7. The third-order valence-electron chi connectivity index (χ3n) is 2.17. The Bertz CT molecular complexity index is 401. The molecule has 1 aromatic rings. The minimum Gasteiger partial charge on any atom is -0.494 e. The van der Waals surface area contributed by atoms with Crippen molar-refractivity contribution < 1.29 is 27.1 Å². The number of ketones is 1. The fraction of sp³-hybridized carbons (Fsp3) is 0.417. The van der Waals surface area contributed by atoms with E-state index in [1.54, 1.807) is 0 Å². The van der Waals surface area contributed by atoms with E-state index in [2.05, 4.69) is 0 Å². The zero-order valence-electron chi connectivity index (χ0n) is 9.63. The van der Waals surface area contributed by atoms with Gasteiger partial charge in [-0.05, 0) is 30.7 Å². The zero-order valence-corrected chi connectivity index (χ0v) is 9.63. The van der Waals surface area contributed by atoms with Crippen molar-refractivity contribution in [2.45, 2.75) is 25.7 Å². The number of Topliss-reactive ketones (excluding diaryl/α,β-unsaturated/α-hetero) is 1. The van der Waals surface area contributed by atoms with E-state index in [-0.39, 0.29) is 0 Å². The number of carbonyl (C=O) groups is 1. The lowest BCUT2D eigenvalue weighted by atomic mass is 10.1. The summed E-state index contributed by atoms with van der Waals surface area (Å²) >= 11 is 0. The Kier molecular flexibility index (Phi) is 4.69. The van der Waals surface area contributed by atoms with Crippen LogP contribution in [0.1, 0.15) is 23.7 Å². The molecule has 0 saturated carbocycles. The summed E-state index contributed by atoms with van der Waals surface area (Å²) in [4.78, 5) is 11.2. The van der Waals surface area contributed by atoms with Crippen molar-refractivity contribution in [2.24, 2.45) is 0 Å². The molecule has 0 radical (unpaired) electrons. The molecule has 2 nitrogen and oxygen atoms in total. The monoisotopic (exact) mass is 264 g/mol. The van der Waals surface area contributed by atoms with Crippen LogP contribution in [-0.2, 0) is 0 Å². The second-order valence-corrected chi connectivity index (χ2v) is 3.63. The Morgan fingerprint density at radius 3 is 2.28 bits per heavy atom. The predicted octanol–water partition coefficient (Wildman–Crippen LogP) is 3.56. The fourth-order valence-electron chi connectivity index (χ4n) is 1.21. The maximum absolute atomic E-state index is 12.8. The highest BCUT2D eigenvalue weighted by atomic mass is 19.3. The quantitative estimate of drug-likeness (QED) is 0.580. The van der Waals surface area contributed by atoms with E-state index in [1.165, 1.54) is 12.1 Å². The summed E-state index contributed by atoms with van der Waals surface area (Å²) in [7, 11) is 0. The van der Waals surface area contributed by atoms with Gasteiger partial charge in [-0.1, -0.05) is 6.92 Å². The van der Waals surface area contributed by atoms with Gasteiger partial charge in [0.1, 0.15) is 5.75 Å². The van der Waals surface area contributed by atoms with Gasteiger partial charge < -0.3 is 4.74 Å². The molecule has 0 heterocycles. The fourth-order valence-corrected chi connectivity index (χ4v) is 1.21. The smallest absolute Gasteiger partial charge is 0.368 e. The van der Waals surface area contributed by atoms with Crippen molar-refractivity contribution in [1.29, 1.82) is 0 Å². The van der Waals surface area contributed by atoms with E-state index in [0.29, 0.717) is 12.4 Å². The summed E-state index contributed by atoms with van der Waals surface area (Å²) in [6, 6.07) is 4.68. The van der Waals surface area contributed by atoms with Gasteiger partial charge in [0.2, 0.25) is 5.78 Å². The second-order valence-electron chi connectivity index (χ2n) is 3.63. The molecule has 6 heteroatoms. The zero-order chi connectivity index (χ0) is 13.8. The second kappa shape index (κ2) is 5.84. The number of ether oxygens (including phenoxy) is 1. The van der Waals surface area contributed by atoms with Crippen LogP contribution in [0.15, 0.2) is 24.3 Å². The van der Waals surface area contributed by atoms with Crippen LogP contribution in [0.25, 0.3) is 0 Å². The largest absolute Gasteiger partial charge is 0.494 e. The molecule has 0 fully saturated rings. The molecule has 100 valence electrons. The lowest BCUT2D eigenvalue weighted by molar-refractivity contribution is -0.0958. The van der Waals surface area contributed by atoms with Crippen LogP contribution in [0.5, 0.6) is 5.75 Å². The van der Waals surface area contributed by atoms with Crippen molar-refractivity contribution in [1.82, 2.24) is 0 Å². The Labute approximate surface area is 102 Å². The third-order valence-corrected chi connectivity index (χ3v) is 2.17. The summed E-state index contributed by atoms with van der Waals surface area (Å²) < 4.78 is 54.8. The highest BCUT2D eigenvalue weighted by Crippen LogP contribution is 2.28. The van der Waals surface area contributed by atoms with Crippen LogP contribution in [0.2, 0.25) is 0 Å². The van der Waals surface area contributed by atoms with Gasteiger partial charge >= 0.3 is 12.3 Å². The summed E-state index contributed by atoms with van der Waals surface area (Å²) in [6.45, 7) is 2.33. The first-order chi connectivity index (χ1) is 8.39. The number of benzene rings is 1. The molecule has 0 N–H and O–H groups in total. The van der Waals surface area contributed by atoms with E-state index in [4.69, 9.17) is 4.74 Å². The maximum Gasteiger partial charge on any atom is 0.368 e. The van der Waals surface area contributed by atoms with Crippen LogP contribution in [0.4, 0.5) is 17.6 Å². The lowest BCUT2D eigenvalue weighted by Crippen LogP contribution is -2.36. The van der Waals surface area contributed by atoms with Gasteiger partial charge in [-0.25, -0.2) is 8.78 Å². The summed E-state index contributed by atoms with van der Waals surface area (Å²) in [5.74, 6) is -6.15. The van der Waals surface area contributed by atoms with Crippen LogP contribution >= 0.6 is 0 Å². The van der Waals surface area contributed by atoms with Gasteiger partial charge in [-0.15, -0.1) is 0 Å². The molecule has 0 atom stereocenters. The van der Waals surface area contributed by atoms with Crippen molar-refractivity contribution in [3.8, 4) is 5.75 Å². The van der Waals surface area contributed by atoms with E-state index in [1.807, 2.05) is 6.92 Å². The molecule has 0 aromatic heterocycles. The first kappa shape index (κ1) is 14.5. The predicted molar refractivity (Wildman–Crippen MR) is 57.5 cm³/mol. The summed E-state index contributed by atoms with van der Waals surface area (Å²) in [6.07, 6.45) is -3.24. The van der Waals surface area contributed by atoms with Crippen LogP contribution in [-0.4, -0.2) is 24.7 Å². The molecule has 0 aliphatic rings. The van der Waals surface area contributed by atoms with Crippen molar-refractivity contribution in [3.63, 3.8) is 0 Å². The summed E-state index contributed by atoms with van der Waals surface area (Å²) in [5.41, 5.74) is -0.468. The molecule has 0 spiro atoms. The van der Waals surface area contributed by atoms with Gasteiger partial charge in [-0.3, -0.25) is 4.79 Å². The van der Waals surface area contributed by atoms with Crippen molar-refractivity contribution >= 4 is 5.78 Å². The van der Waals surface area contributed by atoms with Gasteiger partial charge in [0.25, 0.3) is 0 Å². The van der Waals surface area contributed by atoms with E-state index in [9.17, 15) is 22.4 Å². The molecule has 1 aromatic carbocycles. The van der Waals surface area contributed by atoms with E-state index >= 15 is 0 Å². The highest BCUT2D eigenvalue weighted by Gasteiger charge is 2.48. The Morgan fingerprint density at radius 2 is 1.83 bits per heavy atom. The highest BCUT2D eigenvalue weighted by molar-refractivity contribution is 6.01. The molecule has 1 rings (SSSR count). The van der Waals surface area contributed by atoms with Crippen molar-refractivity contribution in [3.05, 3.63) is 29.8 Å². The number of hydrogen-bond donors (Lipinski definition) is 0. The van der Waals surface area contributed by atoms with Crippen LogP contribution in [0, 0.1) is 0 Å². The van der Waals surface area contributed by atoms with E-state index < -0.39 is 23.7 Å². The van der Waals surface area contributed by atoms with Crippen LogP contribution in [0.3, 0.4) is 0 Å². The van der Waals surface area contributed by atoms with Crippen LogP contribution < -0.4 is 4.74 Å². The summed E-state index contributed by atoms with van der Waals surface area (Å²) in [5, 5.41) is 0. The minimum atomic E-state index is -4.66. The number of hydrogen-bond acceptors (Lipinski definition) is 2. The SMILES string of the molecule is CCCOc1ccc(C(=O)C(F)(F)C(F)F)cc1.